The summed E-state index contributed by atoms with van der Waals surface area (Å²) in [6.45, 7) is 2.39. The second kappa shape index (κ2) is 4.77. The molecule has 0 saturated heterocycles. The van der Waals surface area contributed by atoms with Crippen LogP contribution in [-0.4, -0.2) is 17.1 Å². The minimum Gasteiger partial charge on any atom is -0.495 e. The van der Waals surface area contributed by atoms with Crippen LogP contribution in [0, 0.1) is 6.92 Å². The Kier molecular flexibility index (Phi) is 3.36. The predicted molar refractivity (Wildman–Crippen MR) is 68.2 cm³/mol. The van der Waals surface area contributed by atoms with Gasteiger partial charge in [0.05, 0.1) is 30.6 Å². The zero-order valence-electron chi connectivity index (χ0n) is 9.75. The van der Waals surface area contributed by atoms with Crippen molar-refractivity contribution in [1.82, 2.24) is 9.97 Å². The Morgan fingerprint density at radius 3 is 2.82 bits per heavy atom. The molecule has 0 amide bonds. The number of nitrogens with zero attached hydrogens (tertiary/aromatic N) is 1. The van der Waals surface area contributed by atoms with Crippen molar-refractivity contribution in [3.8, 4) is 17.0 Å². The number of aromatic nitrogens is 2. The monoisotopic (exact) mass is 251 g/mol. The molecule has 0 aliphatic heterocycles. The third-order valence-corrected chi connectivity index (χ3v) is 2.91. The number of hydrogen-bond donors (Lipinski definition) is 2. The van der Waals surface area contributed by atoms with Gasteiger partial charge in [-0.05, 0) is 24.6 Å². The Balaban J connectivity index is 2.48. The third-order valence-electron chi connectivity index (χ3n) is 2.61. The van der Waals surface area contributed by atoms with Gasteiger partial charge >= 0.3 is 0 Å². The Bertz CT molecular complexity index is 537. The van der Waals surface area contributed by atoms with Crippen LogP contribution in [0.4, 0.5) is 0 Å². The Hall–Kier alpha value is -1.52. The molecule has 0 unspecified atom stereocenters. The number of nitrogens with two attached hydrogens (primary N) is 1. The van der Waals surface area contributed by atoms with E-state index >= 15 is 0 Å². The molecule has 3 N–H and O–H groups in total. The van der Waals surface area contributed by atoms with Crippen LogP contribution in [0.3, 0.4) is 0 Å². The summed E-state index contributed by atoms with van der Waals surface area (Å²) in [7, 11) is 1.60. The maximum absolute atomic E-state index is 6.11. The number of methoxy groups -OCH3 is 1. The topological polar surface area (TPSA) is 63.9 Å². The average molecular weight is 252 g/mol. The lowest BCUT2D eigenvalue weighted by Crippen LogP contribution is -1.98. The number of ether oxygens (including phenoxy) is 1. The molecule has 90 valence electrons. The molecule has 17 heavy (non-hydrogen) atoms. The van der Waals surface area contributed by atoms with E-state index in [1.54, 1.807) is 13.3 Å². The minimum absolute atomic E-state index is 0.392. The fraction of sp³-hybridized carbons (Fsp3) is 0.250. The Morgan fingerprint density at radius 1 is 1.47 bits per heavy atom. The standard InChI is InChI=1S/C12H14ClN3O/c1-7-3-11(17-2)9(13)4-8(7)10-6-15-12(5-14)16-10/h3-4,6H,5,14H2,1-2H3,(H,15,16). The van der Waals surface area contributed by atoms with Crippen LogP contribution in [0.25, 0.3) is 11.3 Å². The first kappa shape index (κ1) is 12.0. The maximum Gasteiger partial charge on any atom is 0.137 e. The summed E-state index contributed by atoms with van der Waals surface area (Å²) in [6.07, 6.45) is 1.76. The molecular weight excluding hydrogens is 238 g/mol. The zero-order chi connectivity index (χ0) is 12.4. The van der Waals surface area contributed by atoms with E-state index in [0.717, 1.165) is 22.6 Å². The van der Waals surface area contributed by atoms with Gasteiger partial charge in [0.2, 0.25) is 0 Å². The van der Waals surface area contributed by atoms with Crippen LogP contribution < -0.4 is 10.5 Å². The highest BCUT2D eigenvalue weighted by molar-refractivity contribution is 6.32. The number of halogens is 1. The lowest BCUT2D eigenvalue weighted by atomic mass is 10.1. The predicted octanol–water partition coefficient (Wildman–Crippen LogP) is 2.51. The van der Waals surface area contributed by atoms with Gasteiger partial charge in [-0.3, -0.25) is 0 Å². The Labute approximate surface area is 105 Å². The molecule has 1 aromatic heterocycles. The zero-order valence-corrected chi connectivity index (χ0v) is 10.5. The number of benzene rings is 1. The SMILES string of the molecule is COc1cc(C)c(-c2cnc(CN)[nH]2)cc1Cl. The maximum atomic E-state index is 6.11. The molecule has 1 aromatic carbocycles. The van der Waals surface area contributed by atoms with Gasteiger partial charge in [-0.2, -0.15) is 0 Å². The van der Waals surface area contributed by atoms with Crippen molar-refractivity contribution in [1.29, 1.82) is 0 Å². The van der Waals surface area contributed by atoms with Crippen LogP contribution >= 0.6 is 11.6 Å². The van der Waals surface area contributed by atoms with E-state index in [4.69, 9.17) is 22.1 Å². The quantitative estimate of drug-likeness (QED) is 0.881. The van der Waals surface area contributed by atoms with Gasteiger partial charge in [0, 0.05) is 5.56 Å². The second-order valence-electron chi connectivity index (χ2n) is 3.75. The average Bonchev–Trinajstić information content (AvgIpc) is 2.80. The van der Waals surface area contributed by atoms with Crippen molar-refractivity contribution in [2.24, 2.45) is 5.73 Å². The summed E-state index contributed by atoms with van der Waals surface area (Å²) in [5.74, 6) is 1.43. The van der Waals surface area contributed by atoms with E-state index in [-0.39, 0.29) is 0 Å². The van der Waals surface area contributed by atoms with Crippen LogP contribution in [0.1, 0.15) is 11.4 Å². The molecule has 2 rings (SSSR count). The number of hydrogen-bond acceptors (Lipinski definition) is 3. The molecule has 0 aliphatic carbocycles. The molecule has 0 radical (unpaired) electrons. The van der Waals surface area contributed by atoms with Gasteiger partial charge in [-0.15, -0.1) is 0 Å². The first-order chi connectivity index (χ1) is 8.15. The molecule has 0 spiro atoms. The van der Waals surface area contributed by atoms with Gasteiger partial charge in [0.25, 0.3) is 0 Å². The normalized spacial score (nSPS) is 10.6. The van der Waals surface area contributed by atoms with Crippen LogP contribution in [0.2, 0.25) is 5.02 Å². The van der Waals surface area contributed by atoms with E-state index in [2.05, 4.69) is 9.97 Å². The number of nitrogens with one attached hydrogen (secondary N) is 1. The van der Waals surface area contributed by atoms with Crippen molar-refractivity contribution in [2.45, 2.75) is 13.5 Å². The summed E-state index contributed by atoms with van der Waals surface area (Å²) >= 11 is 6.11. The van der Waals surface area contributed by atoms with E-state index in [0.29, 0.717) is 17.3 Å². The van der Waals surface area contributed by atoms with Crippen LogP contribution in [0.15, 0.2) is 18.3 Å². The Morgan fingerprint density at radius 2 is 2.24 bits per heavy atom. The van der Waals surface area contributed by atoms with Crippen molar-refractivity contribution in [2.75, 3.05) is 7.11 Å². The number of H-pyrrole nitrogens is 1. The van der Waals surface area contributed by atoms with E-state index < -0.39 is 0 Å². The molecule has 0 atom stereocenters. The third kappa shape index (κ3) is 2.28. The lowest BCUT2D eigenvalue weighted by molar-refractivity contribution is 0.415. The van der Waals surface area contributed by atoms with Gasteiger partial charge in [-0.25, -0.2) is 4.98 Å². The van der Waals surface area contributed by atoms with Crippen LogP contribution in [0.5, 0.6) is 5.75 Å². The summed E-state index contributed by atoms with van der Waals surface area (Å²) in [5, 5.41) is 0.581. The second-order valence-corrected chi connectivity index (χ2v) is 4.16. The molecule has 0 aliphatic rings. The number of rotatable bonds is 3. The lowest BCUT2D eigenvalue weighted by Gasteiger charge is -2.08. The van der Waals surface area contributed by atoms with Crippen molar-refractivity contribution >= 4 is 11.6 Å². The summed E-state index contributed by atoms with van der Waals surface area (Å²) in [4.78, 5) is 7.32. The smallest absolute Gasteiger partial charge is 0.137 e. The molecular formula is C12H14ClN3O. The van der Waals surface area contributed by atoms with Crippen LogP contribution in [-0.2, 0) is 6.54 Å². The molecule has 1 heterocycles. The molecule has 0 bridgehead atoms. The molecule has 5 heteroatoms. The largest absolute Gasteiger partial charge is 0.495 e. The molecule has 0 fully saturated rings. The van der Waals surface area contributed by atoms with Crippen molar-refractivity contribution < 1.29 is 4.74 Å². The summed E-state index contributed by atoms with van der Waals surface area (Å²) < 4.78 is 5.17. The summed E-state index contributed by atoms with van der Waals surface area (Å²) in [5.41, 5.74) is 8.50. The van der Waals surface area contributed by atoms with Crippen molar-refractivity contribution in [3.05, 3.63) is 34.7 Å². The van der Waals surface area contributed by atoms with E-state index in [1.165, 1.54) is 0 Å². The van der Waals surface area contributed by atoms with Gasteiger partial charge in [-0.1, -0.05) is 11.6 Å². The fourth-order valence-electron chi connectivity index (χ4n) is 1.70. The van der Waals surface area contributed by atoms with Gasteiger partial charge in [0.15, 0.2) is 0 Å². The van der Waals surface area contributed by atoms with Crippen molar-refractivity contribution in [3.63, 3.8) is 0 Å². The highest BCUT2D eigenvalue weighted by Gasteiger charge is 2.10. The summed E-state index contributed by atoms with van der Waals surface area (Å²) in [6, 6.07) is 3.77. The highest BCUT2D eigenvalue weighted by Crippen LogP contribution is 2.32. The molecule has 4 nitrogen and oxygen atoms in total. The first-order valence-electron chi connectivity index (χ1n) is 5.24. The number of imidazole rings is 1. The van der Waals surface area contributed by atoms with Gasteiger partial charge < -0.3 is 15.5 Å². The highest BCUT2D eigenvalue weighted by atomic mass is 35.5. The number of aromatic amines is 1. The fourth-order valence-corrected chi connectivity index (χ4v) is 1.95. The van der Waals surface area contributed by atoms with E-state index in [9.17, 15) is 0 Å². The van der Waals surface area contributed by atoms with E-state index in [1.807, 2.05) is 19.1 Å². The minimum atomic E-state index is 0.392. The van der Waals surface area contributed by atoms with Gasteiger partial charge in [0.1, 0.15) is 11.6 Å². The molecule has 2 aromatic rings. The first-order valence-corrected chi connectivity index (χ1v) is 5.62. The number of aryl methyl sites for hydroxylation is 1. The molecule has 0 saturated carbocycles.